The highest BCUT2D eigenvalue weighted by atomic mass is 19.4. The molecule has 2 atom stereocenters. The lowest BCUT2D eigenvalue weighted by atomic mass is 9.94. The number of hydrogen-bond donors (Lipinski definition) is 2. The van der Waals surface area contributed by atoms with Gasteiger partial charge >= 0.3 is 6.36 Å². The van der Waals surface area contributed by atoms with Crippen molar-refractivity contribution < 1.29 is 32.2 Å². The number of aliphatic hydroxyl groups excluding tert-OH is 1. The first-order chi connectivity index (χ1) is 11.7. The normalized spacial score (nSPS) is 19.7. The third-order valence-corrected chi connectivity index (χ3v) is 4.09. The monoisotopic (exact) mass is 364 g/mol. The number of aliphatic hydroxyl groups is 1. The van der Waals surface area contributed by atoms with Gasteiger partial charge in [-0.2, -0.15) is 0 Å². The maximum absolute atomic E-state index is 13.6. The summed E-state index contributed by atoms with van der Waals surface area (Å²) in [6.07, 6.45) is -4.84. The summed E-state index contributed by atoms with van der Waals surface area (Å²) in [5.74, 6) is -2.79. The molecule has 0 aliphatic carbocycles. The van der Waals surface area contributed by atoms with Gasteiger partial charge in [0.15, 0.2) is 11.6 Å². The fourth-order valence-corrected chi connectivity index (χ4v) is 2.88. The Bertz CT molecular complexity index is 610. The van der Waals surface area contributed by atoms with Crippen molar-refractivity contribution in [3.8, 4) is 5.75 Å². The quantitative estimate of drug-likeness (QED) is 0.758. The molecule has 1 amide bonds. The van der Waals surface area contributed by atoms with Crippen LogP contribution >= 0.6 is 0 Å². The molecular formula is C16H20F4N2O3. The molecule has 1 heterocycles. The molecule has 9 heteroatoms. The zero-order valence-electron chi connectivity index (χ0n) is 13.6. The molecule has 0 unspecified atom stereocenters. The highest BCUT2D eigenvalue weighted by molar-refractivity contribution is 5.76. The molecule has 1 aliphatic rings. The summed E-state index contributed by atoms with van der Waals surface area (Å²) in [5.41, 5.74) is 0.366. The van der Waals surface area contributed by atoms with E-state index in [1.807, 2.05) is 4.90 Å². The van der Waals surface area contributed by atoms with Crippen molar-refractivity contribution >= 4 is 5.91 Å². The van der Waals surface area contributed by atoms with E-state index >= 15 is 0 Å². The highest BCUT2D eigenvalue weighted by Crippen LogP contribution is 2.31. The number of β-amino-alcohol motifs (C(OH)–C–C–N with tert-alkyl or cyclic N) is 1. The second-order valence-electron chi connectivity index (χ2n) is 6.01. The summed E-state index contributed by atoms with van der Waals surface area (Å²) in [7, 11) is 1.46. The fraction of sp³-hybridized carbons (Fsp3) is 0.562. The number of carbonyl (C=O) groups is 1. The number of benzene rings is 1. The molecule has 25 heavy (non-hydrogen) atoms. The van der Waals surface area contributed by atoms with Gasteiger partial charge in [0.2, 0.25) is 5.91 Å². The third kappa shape index (κ3) is 5.86. The standard InChI is InChI=1S/C16H20F4N2O3/c1-21-15(24)7-11(8-22-5-4-12(23)9-22)10-2-3-13(17)14(6-10)25-16(18,19)20/h2-3,6,11-12,23H,4-5,7-9H2,1H3,(H,21,24)/t11-,12+/m1/s1. The lowest BCUT2D eigenvalue weighted by Gasteiger charge is -2.24. The molecule has 1 aromatic carbocycles. The first-order valence-corrected chi connectivity index (χ1v) is 7.84. The van der Waals surface area contributed by atoms with Gasteiger partial charge in [0, 0.05) is 39.0 Å². The van der Waals surface area contributed by atoms with Gasteiger partial charge in [-0.25, -0.2) is 4.39 Å². The van der Waals surface area contributed by atoms with Gasteiger partial charge in [-0.1, -0.05) is 6.07 Å². The lowest BCUT2D eigenvalue weighted by Crippen LogP contribution is -2.30. The van der Waals surface area contributed by atoms with Crippen molar-refractivity contribution in [1.82, 2.24) is 10.2 Å². The van der Waals surface area contributed by atoms with Crippen LogP contribution < -0.4 is 10.1 Å². The van der Waals surface area contributed by atoms with Gasteiger partial charge in [-0.15, -0.1) is 13.2 Å². The number of halogens is 4. The summed E-state index contributed by atoms with van der Waals surface area (Å²) in [5, 5.41) is 12.1. The number of ether oxygens (including phenoxy) is 1. The fourth-order valence-electron chi connectivity index (χ4n) is 2.88. The first-order valence-electron chi connectivity index (χ1n) is 7.84. The summed E-state index contributed by atoms with van der Waals surface area (Å²) >= 11 is 0. The zero-order valence-corrected chi connectivity index (χ0v) is 13.6. The molecule has 1 aliphatic heterocycles. The van der Waals surface area contributed by atoms with E-state index in [-0.39, 0.29) is 12.3 Å². The largest absolute Gasteiger partial charge is 0.573 e. The number of amides is 1. The van der Waals surface area contributed by atoms with Crippen LogP contribution in [0.3, 0.4) is 0 Å². The molecule has 0 radical (unpaired) electrons. The van der Waals surface area contributed by atoms with Crippen LogP contribution in [0.2, 0.25) is 0 Å². The minimum Gasteiger partial charge on any atom is -0.403 e. The predicted octanol–water partition coefficient (Wildman–Crippen LogP) is 2.01. The molecule has 140 valence electrons. The second kappa shape index (κ2) is 8.01. The highest BCUT2D eigenvalue weighted by Gasteiger charge is 2.33. The van der Waals surface area contributed by atoms with E-state index in [4.69, 9.17) is 0 Å². The molecule has 1 aromatic rings. The molecule has 0 spiro atoms. The van der Waals surface area contributed by atoms with Crippen LogP contribution in [0.5, 0.6) is 5.75 Å². The van der Waals surface area contributed by atoms with Gasteiger partial charge < -0.3 is 20.1 Å². The Balaban J connectivity index is 2.23. The lowest BCUT2D eigenvalue weighted by molar-refractivity contribution is -0.275. The zero-order chi connectivity index (χ0) is 18.6. The Labute approximate surface area is 142 Å². The van der Waals surface area contributed by atoms with Crippen molar-refractivity contribution in [2.75, 3.05) is 26.7 Å². The summed E-state index contributed by atoms with van der Waals surface area (Å²) in [6, 6.07) is 3.22. The second-order valence-corrected chi connectivity index (χ2v) is 6.01. The molecular weight excluding hydrogens is 344 g/mol. The Morgan fingerprint density at radius 2 is 2.20 bits per heavy atom. The van der Waals surface area contributed by atoms with E-state index in [1.54, 1.807) is 0 Å². The van der Waals surface area contributed by atoms with Crippen molar-refractivity contribution in [1.29, 1.82) is 0 Å². The number of nitrogens with one attached hydrogen (secondary N) is 1. The Kier molecular flexibility index (Phi) is 6.23. The van der Waals surface area contributed by atoms with E-state index in [2.05, 4.69) is 10.1 Å². The molecule has 5 nitrogen and oxygen atoms in total. The van der Waals surface area contributed by atoms with E-state index < -0.39 is 30.0 Å². The Morgan fingerprint density at radius 1 is 1.48 bits per heavy atom. The van der Waals surface area contributed by atoms with Gasteiger partial charge in [0.05, 0.1) is 6.10 Å². The SMILES string of the molecule is CNC(=O)C[C@H](CN1CC[C@H](O)C1)c1ccc(F)c(OC(F)(F)F)c1. The van der Waals surface area contributed by atoms with E-state index in [0.29, 0.717) is 31.6 Å². The summed E-state index contributed by atoms with van der Waals surface area (Å²) in [6.45, 7) is 1.41. The Morgan fingerprint density at radius 3 is 2.76 bits per heavy atom. The number of hydrogen-bond acceptors (Lipinski definition) is 4. The van der Waals surface area contributed by atoms with Crippen LogP contribution in [0.4, 0.5) is 17.6 Å². The van der Waals surface area contributed by atoms with E-state index in [0.717, 1.165) is 12.1 Å². The van der Waals surface area contributed by atoms with Crippen LogP contribution in [0.1, 0.15) is 24.3 Å². The summed E-state index contributed by atoms with van der Waals surface area (Å²) in [4.78, 5) is 13.7. The van der Waals surface area contributed by atoms with Gasteiger partial charge in [-0.3, -0.25) is 4.79 Å². The third-order valence-electron chi connectivity index (χ3n) is 4.09. The van der Waals surface area contributed by atoms with E-state index in [9.17, 15) is 27.5 Å². The minimum absolute atomic E-state index is 0.0280. The summed E-state index contributed by atoms with van der Waals surface area (Å²) < 4.78 is 54.5. The number of rotatable bonds is 6. The van der Waals surface area contributed by atoms with Crippen molar-refractivity contribution in [3.05, 3.63) is 29.6 Å². The molecule has 0 bridgehead atoms. The van der Waals surface area contributed by atoms with Crippen LogP contribution in [-0.4, -0.2) is 55.1 Å². The average molecular weight is 364 g/mol. The van der Waals surface area contributed by atoms with Gasteiger partial charge in [0.25, 0.3) is 0 Å². The van der Waals surface area contributed by atoms with Gasteiger partial charge in [0.1, 0.15) is 0 Å². The Hall–Kier alpha value is -1.87. The first kappa shape index (κ1) is 19.5. The predicted molar refractivity (Wildman–Crippen MR) is 81.6 cm³/mol. The number of carbonyl (C=O) groups excluding carboxylic acids is 1. The minimum atomic E-state index is -5.01. The molecule has 2 N–H and O–H groups in total. The van der Waals surface area contributed by atoms with Crippen LogP contribution in [-0.2, 0) is 4.79 Å². The number of alkyl halides is 3. The molecule has 2 rings (SSSR count). The van der Waals surface area contributed by atoms with Gasteiger partial charge in [-0.05, 0) is 24.1 Å². The smallest absolute Gasteiger partial charge is 0.403 e. The average Bonchev–Trinajstić information content (AvgIpc) is 2.92. The number of nitrogens with zero attached hydrogens (tertiary/aromatic N) is 1. The molecule has 0 saturated carbocycles. The van der Waals surface area contributed by atoms with Crippen molar-refractivity contribution in [2.45, 2.75) is 31.2 Å². The van der Waals surface area contributed by atoms with Crippen LogP contribution in [0.25, 0.3) is 0 Å². The molecule has 1 saturated heterocycles. The van der Waals surface area contributed by atoms with E-state index in [1.165, 1.54) is 13.1 Å². The van der Waals surface area contributed by atoms with Crippen LogP contribution in [0, 0.1) is 5.82 Å². The maximum atomic E-state index is 13.6. The molecule has 0 aromatic heterocycles. The topological polar surface area (TPSA) is 61.8 Å². The van der Waals surface area contributed by atoms with Crippen molar-refractivity contribution in [2.24, 2.45) is 0 Å². The molecule has 1 fully saturated rings. The number of likely N-dealkylation sites (tertiary alicyclic amines) is 1. The van der Waals surface area contributed by atoms with Crippen molar-refractivity contribution in [3.63, 3.8) is 0 Å². The van der Waals surface area contributed by atoms with Crippen LogP contribution in [0.15, 0.2) is 18.2 Å². The maximum Gasteiger partial charge on any atom is 0.573 e.